The molecule has 0 bridgehead atoms. The van der Waals surface area contributed by atoms with E-state index in [4.69, 9.17) is 10.2 Å². The summed E-state index contributed by atoms with van der Waals surface area (Å²) in [6.45, 7) is 4.90. The second-order valence-electron chi connectivity index (χ2n) is 1.16. The third-order valence-electron chi connectivity index (χ3n) is 0.653. The minimum absolute atomic E-state index is 0.550. The lowest BCUT2D eigenvalue weighted by molar-refractivity contribution is 0.0608. The van der Waals surface area contributed by atoms with Crippen LogP contribution < -0.4 is 5.73 Å². The molecule has 0 aromatic carbocycles. The Morgan fingerprint density at radius 3 is 1.70 bits per heavy atom. The molecule has 0 atom stereocenters. The van der Waals surface area contributed by atoms with E-state index in [-0.39, 0.29) is 0 Å². The van der Waals surface area contributed by atoms with Gasteiger partial charge in [-0.25, -0.2) is 4.79 Å². The van der Waals surface area contributed by atoms with Gasteiger partial charge in [-0.1, -0.05) is 0 Å². The highest BCUT2D eigenvalue weighted by molar-refractivity contribution is 5.71. The monoisotopic (exact) mass is 148 g/mol. The van der Waals surface area contributed by atoms with Gasteiger partial charge in [-0.05, 0) is 0 Å². The molecule has 5 nitrogen and oxygen atoms in total. The van der Waals surface area contributed by atoms with Crippen LogP contribution in [0.15, 0.2) is 13.2 Å². The first-order valence-electron chi connectivity index (χ1n) is 2.48. The molecule has 0 aliphatic rings. The highest BCUT2D eigenvalue weighted by Gasteiger charge is 2.02. The molecule has 0 aliphatic carbocycles. The summed E-state index contributed by atoms with van der Waals surface area (Å²) in [5.74, 6) is 0. The SMILES string of the molecule is C=C.NC(=O)N(CO)CO. The second-order valence-corrected chi connectivity index (χ2v) is 1.16. The highest BCUT2D eigenvalue weighted by atomic mass is 16.3. The first-order chi connectivity index (χ1) is 4.72. The minimum Gasteiger partial charge on any atom is -0.376 e. The van der Waals surface area contributed by atoms with E-state index in [0.29, 0.717) is 4.90 Å². The number of amides is 2. The van der Waals surface area contributed by atoms with Crippen molar-refractivity contribution in [2.24, 2.45) is 5.73 Å². The van der Waals surface area contributed by atoms with Crippen molar-refractivity contribution in [2.75, 3.05) is 13.5 Å². The number of aliphatic hydroxyl groups excluding tert-OH is 2. The maximum Gasteiger partial charge on any atom is 0.318 e. The molecule has 0 heterocycles. The van der Waals surface area contributed by atoms with Gasteiger partial charge in [-0.2, -0.15) is 0 Å². The molecule has 0 aliphatic heterocycles. The fraction of sp³-hybridized carbons (Fsp3) is 0.400. The van der Waals surface area contributed by atoms with E-state index in [1.54, 1.807) is 0 Å². The van der Waals surface area contributed by atoms with Crippen molar-refractivity contribution in [3.8, 4) is 0 Å². The quantitative estimate of drug-likeness (QED) is 0.349. The van der Waals surface area contributed by atoms with E-state index in [1.165, 1.54) is 0 Å². The second kappa shape index (κ2) is 7.93. The molecule has 4 N–H and O–H groups in total. The van der Waals surface area contributed by atoms with E-state index in [0.717, 1.165) is 0 Å². The zero-order valence-corrected chi connectivity index (χ0v) is 5.66. The summed E-state index contributed by atoms with van der Waals surface area (Å²) in [7, 11) is 0. The van der Waals surface area contributed by atoms with Crippen molar-refractivity contribution in [2.45, 2.75) is 0 Å². The molecular weight excluding hydrogens is 136 g/mol. The number of carbonyl (C=O) groups is 1. The molecule has 10 heavy (non-hydrogen) atoms. The van der Waals surface area contributed by atoms with Gasteiger partial charge in [0.1, 0.15) is 13.5 Å². The number of urea groups is 1. The molecule has 60 valence electrons. The number of carbonyl (C=O) groups excluding carboxylic acids is 1. The smallest absolute Gasteiger partial charge is 0.318 e. The molecule has 0 saturated heterocycles. The molecule has 0 aromatic heterocycles. The van der Waals surface area contributed by atoms with Crippen LogP contribution in [0.4, 0.5) is 4.79 Å². The van der Waals surface area contributed by atoms with E-state index in [1.807, 2.05) is 0 Å². The van der Waals surface area contributed by atoms with Crippen molar-refractivity contribution in [3.63, 3.8) is 0 Å². The molecule has 0 spiro atoms. The molecule has 0 aromatic rings. The lowest BCUT2D eigenvalue weighted by Crippen LogP contribution is -2.36. The van der Waals surface area contributed by atoms with Crippen LogP contribution in [0.5, 0.6) is 0 Å². The van der Waals surface area contributed by atoms with Gasteiger partial charge in [-0.3, -0.25) is 4.90 Å². The summed E-state index contributed by atoms with van der Waals surface area (Å²) in [6, 6.07) is -0.838. The van der Waals surface area contributed by atoms with Crippen molar-refractivity contribution < 1.29 is 15.0 Å². The Balaban J connectivity index is 0. The van der Waals surface area contributed by atoms with E-state index >= 15 is 0 Å². The summed E-state index contributed by atoms with van der Waals surface area (Å²) < 4.78 is 0. The van der Waals surface area contributed by atoms with Crippen LogP contribution in [0.2, 0.25) is 0 Å². The van der Waals surface area contributed by atoms with Crippen LogP contribution in [-0.4, -0.2) is 34.6 Å². The zero-order chi connectivity index (χ0) is 8.57. The van der Waals surface area contributed by atoms with Crippen molar-refractivity contribution >= 4 is 6.03 Å². The molecule has 0 saturated carbocycles. The third-order valence-corrected chi connectivity index (χ3v) is 0.653. The van der Waals surface area contributed by atoms with E-state index in [9.17, 15) is 4.79 Å². The van der Waals surface area contributed by atoms with Crippen LogP contribution in [0, 0.1) is 0 Å². The van der Waals surface area contributed by atoms with Crippen molar-refractivity contribution in [1.82, 2.24) is 4.90 Å². The summed E-state index contributed by atoms with van der Waals surface area (Å²) in [4.78, 5) is 10.7. The highest BCUT2D eigenvalue weighted by Crippen LogP contribution is 1.78. The summed E-state index contributed by atoms with van der Waals surface area (Å²) in [5, 5.41) is 16.3. The summed E-state index contributed by atoms with van der Waals surface area (Å²) in [5.41, 5.74) is 4.62. The van der Waals surface area contributed by atoms with Gasteiger partial charge >= 0.3 is 6.03 Å². The maximum absolute atomic E-state index is 9.99. The first-order valence-corrected chi connectivity index (χ1v) is 2.48. The fourth-order valence-corrected chi connectivity index (χ4v) is 0.184. The van der Waals surface area contributed by atoms with Crippen molar-refractivity contribution in [3.05, 3.63) is 13.2 Å². The maximum atomic E-state index is 9.99. The fourth-order valence-electron chi connectivity index (χ4n) is 0.184. The van der Waals surface area contributed by atoms with Gasteiger partial charge in [0.05, 0.1) is 0 Å². The average Bonchev–Trinajstić information content (AvgIpc) is 1.94. The van der Waals surface area contributed by atoms with Crippen LogP contribution in [0.1, 0.15) is 0 Å². The molecule has 0 radical (unpaired) electrons. The predicted molar refractivity (Wildman–Crippen MR) is 36.8 cm³/mol. The molecule has 2 amide bonds. The summed E-state index contributed by atoms with van der Waals surface area (Å²) >= 11 is 0. The third kappa shape index (κ3) is 5.07. The molecule has 5 heteroatoms. The molecule has 0 unspecified atom stereocenters. The number of rotatable bonds is 2. The molecular formula is C5H12N2O3. The Morgan fingerprint density at radius 1 is 1.40 bits per heavy atom. The van der Waals surface area contributed by atoms with Crippen molar-refractivity contribution in [1.29, 1.82) is 0 Å². The van der Waals surface area contributed by atoms with Gasteiger partial charge < -0.3 is 15.9 Å². The predicted octanol–water partition coefficient (Wildman–Crippen LogP) is -0.931. The van der Waals surface area contributed by atoms with E-state index < -0.39 is 19.5 Å². The zero-order valence-electron chi connectivity index (χ0n) is 5.66. The Morgan fingerprint density at radius 2 is 1.70 bits per heavy atom. The average molecular weight is 148 g/mol. The Hall–Kier alpha value is -1.07. The first kappa shape index (κ1) is 11.7. The van der Waals surface area contributed by atoms with Gasteiger partial charge in [0, 0.05) is 0 Å². The number of primary amides is 1. The number of aliphatic hydroxyl groups is 2. The largest absolute Gasteiger partial charge is 0.376 e. The normalized spacial score (nSPS) is 7.40. The Bertz CT molecular complexity index is 92.9. The number of nitrogens with zero attached hydrogens (tertiary/aromatic N) is 1. The number of nitrogens with two attached hydrogens (primary N) is 1. The minimum atomic E-state index is -0.838. The van der Waals surface area contributed by atoms with Gasteiger partial charge in [0.2, 0.25) is 0 Å². The standard InChI is InChI=1S/C3H8N2O3.C2H4/c4-3(8)5(1-6)2-7;1-2/h6-7H,1-2H2,(H2,4,8);1-2H2. The Kier molecular flexibility index (Phi) is 9.27. The lowest BCUT2D eigenvalue weighted by atomic mass is 10.8. The molecule has 0 fully saturated rings. The number of hydrogen-bond acceptors (Lipinski definition) is 3. The van der Waals surface area contributed by atoms with Gasteiger partial charge in [0.25, 0.3) is 0 Å². The summed E-state index contributed by atoms with van der Waals surface area (Å²) in [6.07, 6.45) is 0. The van der Waals surface area contributed by atoms with Crippen LogP contribution >= 0.6 is 0 Å². The van der Waals surface area contributed by atoms with Crippen LogP contribution in [0.25, 0.3) is 0 Å². The Labute approximate surface area is 59.4 Å². The molecule has 0 rings (SSSR count). The topological polar surface area (TPSA) is 86.8 Å². The van der Waals surface area contributed by atoms with E-state index in [2.05, 4.69) is 18.9 Å². The van der Waals surface area contributed by atoms with Crippen LogP contribution in [-0.2, 0) is 0 Å². The van der Waals surface area contributed by atoms with Gasteiger partial charge in [-0.15, -0.1) is 13.2 Å². The lowest BCUT2D eigenvalue weighted by Gasteiger charge is -2.11. The van der Waals surface area contributed by atoms with Crippen LogP contribution in [0.3, 0.4) is 0 Å². The number of hydrogen-bond donors (Lipinski definition) is 3. The van der Waals surface area contributed by atoms with Gasteiger partial charge in [0.15, 0.2) is 0 Å².